The van der Waals surface area contributed by atoms with Gasteiger partial charge >= 0.3 is 0 Å². The molecule has 8 heteroatoms. The Labute approximate surface area is 184 Å². The van der Waals surface area contributed by atoms with Crippen molar-refractivity contribution < 1.29 is 23.8 Å². The van der Waals surface area contributed by atoms with E-state index in [0.717, 1.165) is 29.3 Å². The van der Waals surface area contributed by atoms with Gasteiger partial charge in [0.2, 0.25) is 12.7 Å². The van der Waals surface area contributed by atoms with Crippen LogP contribution in [0, 0.1) is 0 Å². The van der Waals surface area contributed by atoms with E-state index in [0.29, 0.717) is 49.2 Å². The Kier molecular flexibility index (Phi) is 4.36. The lowest BCUT2D eigenvalue weighted by atomic mass is 9.94. The first-order chi connectivity index (χ1) is 15.6. The number of morpholine rings is 1. The number of carbonyl (C=O) groups excluding carboxylic acids is 2. The highest BCUT2D eigenvalue weighted by Gasteiger charge is 2.51. The molecular weight excluding hydrogens is 410 g/mol. The highest BCUT2D eigenvalue weighted by Crippen LogP contribution is 2.51. The molecule has 3 aromatic rings. The molecule has 1 saturated heterocycles. The van der Waals surface area contributed by atoms with Crippen LogP contribution in [0.2, 0.25) is 0 Å². The Bertz CT molecular complexity index is 1220. The van der Waals surface area contributed by atoms with Crippen molar-refractivity contribution in [3.63, 3.8) is 0 Å². The van der Waals surface area contributed by atoms with Crippen LogP contribution >= 0.6 is 0 Å². The van der Waals surface area contributed by atoms with Crippen LogP contribution < -0.4 is 14.8 Å². The molecule has 2 N–H and O–H groups in total. The number of aromatic amines is 1. The SMILES string of the molecule is O=C(c1cc2cc(NC(=O)C3(c4ccc5c(c4)OCO5)CC3)ccc2[nH]1)N1CCOCC1. The van der Waals surface area contributed by atoms with Gasteiger partial charge in [-0.25, -0.2) is 0 Å². The minimum atomic E-state index is -0.536. The van der Waals surface area contributed by atoms with Crippen molar-refractivity contribution in [1.82, 2.24) is 9.88 Å². The van der Waals surface area contributed by atoms with E-state index in [-0.39, 0.29) is 18.6 Å². The number of nitrogens with zero attached hydrogens (tertiary/aromatic N) is 1. The minimum Gasteiger partial charge on any atom is -0.454 e. The highest BCUT2D eigenvalue weighted by molar-refractivity contribution is 6.03. The lowest BCUT2D eigenvalue weighted by molar-refractivity contribution is -0.118. The number of nitrogens with one attached hydrogen (secondary N) is 2. The van der Waals surface area contributed by atoms with Gasteiger partial charge in [0.15, 0.2) is 11.5 Å². The third-order valence-corrected chi connectivity index (χ3v) is 6.52. The number of ether oxygens (including phenoxy) is 3. The van der Waals surface area contributed by atoms with Crippen LogP contribution in [0.5, 0.6) is 11.5 Å². The maximum absolute atomic E-state index is 13.2. The van der Waals surface area contributed by atoms with Crippen LogP contribution in [0.1, 0.15) is 28.9 Å². The fraction of sp³-hybridized carbons (Fsp3) is 0.333. The molecule has 0 radical (unpaired) electrons. The van der Waals surface area contributed by atoms with E-state index in [4.69, 9.17) is 14.2 Å². The van der Waals surface area contributed by atoms with Crippen molar-refractivity contribution in [2.24, 2.45) is 0 Å². The summed E-state index contributed by atoms with van der Waals surface area (Å²) in [6, 6.07) is 13.2. The van der Waals surface area contributed by atoms with E-state index in [1.807, 2.05) is 42.5 Å². The lowest BCUT2D eigenvalue weighted by Crippen LogP contribution is -2.40. The van der Waals surface area contributed by atoms with E-state index in [1.54, 1.807) is 4.90 Å². The summed E-state index contributed by atoms with van der Waals surface area (Å²) in [5.41, 5.74) is 2.52. The number of hydrogen-bond donors (Lipinski definition) is 2. The molecule has 0 bridgehead atoms. The molecule has 2 fully saturated rings. The summed E-state index contributed by atoms with van der Waals surface area (Å²) in [5, 5.41) is 3.95. The number of anilines is 1. The Morgan fingerprint density at radius 3 is 2.59 bits per heavy atom. The standard InChI is InChI=1S/C24H23N3O5/c28-22(27-7-9-30-10-8-27)19-12-15-11-17(2-3-18(15)26-19)25-23(29)24(5-6-24)16-1-4-20-21(13-16)32-14-31-20/h1-4,11-13,26H,5-10,14H2,(H,25,29). The smallest absolute Gasteiger partial charge is 0.270 e. The third-order valence-electron chi connectivity index (χ3n) is 6.52. The second kappa shape index (κ2) is 7.27. The van der Waals surface area contributed by atoms with Crippen LogP contribution in [0.25, 0.3) is 10.9 Å². The molecule has 6 rings (SSSR count). The number of fused-ring (bicyclic) bond motifs is 2. The molecule has 0 unspecified atom stereocenters. The number of aromatic nitrogens is 1. The van der Waals surface area contributed by atoms with Crippen molar-refractivity contribution in [3.8, 4) is 11.5 Å². The minimum absolute atomic E-state index is 0.0316. The van der Waals surface area contributed by atoms with Gasteiger partial charge in [-0.2, -0.15) is 0 Å². The van der Waals surface area contributed by atoms with Crippen molar-refractivity contribution in [2.45, 2.75) is 18.3 Å². The van der Waals surface area contributed by atoms with Crippen LogP contribution in [0.3, 0.4) is 0 Å². The maximum atomic E-state index is 13.2. The van der Waals surface area contributed by atoms with Crippen LogP contribution in [-0.2, 0) is 14.9 Å². The van der Waals surface area contributed by atoms with Gasteiger partial charge in [0.1, 0.15) is 5.69 Å². The third kappa shape index (κ3) is 3.18. The van der Waals surface area contributed by atoms with Crippen LogP contribution in [0.4, 0.5) is 5.69 Å². The predicted octanol–water partition coefficient (Wildman–Crippen LogP) is 3.04. The van der Waals surface area contributed by atoms with Gasteiger partial charge in [-0.05, 0) is 54.8 Å². The van der Waals surface area contributed by atoms with Crippen molar-refractivity contribution in [2.75, 3.05) is 38.4 Å². The quantitative estimate of drug-likeness (QED) is 0.660. The van der Waals surface area contributed by atoms with E-state index < -0.39 is 5.41 Å². The highest BCUT2D eigenvalue weighted by atomic mass is 16.7. The molecule has 1 saturated carbocycles. The predicted molar refractivity (Wildman–Crippen MR) is 117 cm³/mol. The van der Waals surface area contributed by atoms with Gasteiger partial charge in [-0.3, -0.25) is 9.59 Å². The molecule has 164 valence electrons. The number of carbonyl (C=O) groups is 2. The Morgan fingerprint density at radius 2 is 1.78 bits per heavy atom. The second-order valence-electron chi connectivity index (χ2n) is 8.49. The van der Waals surface area contributed by atoms with Crippen molar-refractivity contribution >= 4 is 28.4 Å². The topological polar surface area (TPSA) is 92.9 Å². The molecule has 1 aromatic heterocycles. The van der Waals surface area contributed by atoms with Crippen molar-refractivity contribution in [1.29, 1.82) is 0 Å². The maximum Gasteiger partial charge on any atom is 0.270 e. The van der Waals surface area contributed by atoms with E-state index in [9.17, 15) is 9.59 Å². The van der Waals surface area contributed by atoms with E-state index in [2.05, 4.69) is 10.3 Å². The number of H-pyrrole nitrogens is 1. The van der Waals surface area contributed by atoms with Gasteiger partial charge in [0, 0.05) is 29.7 Å². The average molecular weight is 433 g/mol. The largest absolute Gasteiger partial charge is 0.454 e. The normalized spacial score (nSPS) is 18.6. The van der Waals surface area contributed by atoms with Gasteiger partial charge in [-0.1, -0.05) is 6.07 Å². The molecule has 2 aromatic carbocycles. The summed E-state index contributed by atoms with van der Waals surface area (Å²) in [6.07, 6.45) is 1.59. The molecule has 32 heavy (non-hydrogen) atoms. The van der Waals surface area contributed by atoms with Gasteiger partial charge < -0.3 is 29.4 Å². The average Bonchev–Trinajstić information content (AvgIpc) is 3.32. The summed E-state index contributed by atoms with van der Waals surface area (Å²) in [4.78, 5) is 30.9. The number of benzene rings is 2. The molecule has 8 nitrogen and oxygen atoms in total. The Balaban J connectivity index is 1.21. The zero-order valence-electron chi connectivity index (χ0n) is 17.5. The molecule has 2 aliphatic heterocycles. The lowest BCUT2D eigenvalue weighted by Gasteiger charge is -2.26. The van der Waals surface area contributed by atoms with E-state index in [1.165, 1.54) is 0 Å². The summed E-state index contributed by atoms with van der Waals surface area (Å²) >= 11 is 0. The zero-order chi connectivity index (χ0) is 21.7. The first-order valence-electron chi connectivity index (χ1n) is 10.8. The summed E-state index contributed by atoms with van der Waals surface area (Å²) < 4.78 is 16.2. The first kappa shape index (κ1) is 19.2. The van der Waals surface area contributed by atoms with Gasteiger partial charge in [0.25, 0.3) is 5.91 Å². The van der Waals surface area contributed by atoms with E-state index >= 15 is 0 Å². The first-order valence-corrected chi connectivity index (χ1v) is 10.8. The van der Waals surface area contributed by atoms with Crippen molar-refractivity contribution in [3.05, 3.63) is 53.7 Å². The van der Waals surface area contributed by atoms with Gasteiger partial charge in [-0.15, -0.1) is 0 Å². The Hall–Kier alpha value is -3.52. The monoisotopic (exact) mass is 433 g/mol. The summed E-state index contributed by atoms with van der Waals surface area (Å²) in [5.74, 6) is 1.34. The zero-order valence-corrected chi connectivity index (χ0v) is 17.5. The second-order valence-corrected chi connectivity index (χ2v) is 8.49. The molecular formula is C24H23N3O5. The number of amides is 2. The molecule has 2 amide bonds. The molecule has 3 heterocycles. The van der Waals surface area contributed by atoms with Crippen LogP contribution in [-0.4, -0.2) is 54.8 Å². The fourth-order valence-electron chi connectivity index (χ4n) is 4.48. The molecule has 3 aliphatic rings. The summed E-state index contributed by atoms with van der Waals surface area (Å²) in [7, 11) is 0. The molecule has 0 atom stereocenters. The molecule has 1 aliphatic carbocycles. The fourth-order valence-corrected chi connectivity index (χ4v) is 4.48. The number of hydrogen-bond acceptors (Lipinski definition) is 5. The van der Waals surface area contributed by atoms with Crippen LogP contribution in [0.15, 0.2) is 42.5 Å². The number of rotatable bonds is 4. The summed E-state index contributed by atoms with van der Waals surface area (Å²) in [6.45, 7) is 2.53. The Morgan fingerprint density at radius 1 is 0.969 bits per heavy atom. The van der Waals surface area contributed by atoms with Gasteiger partial charge in [0.05, 0.1) is 18.6 Å². The molecule has 0 spiro atoms.